The van der Waals surface area contributed by atoms with E-state index in [-0.39, 0.29) is 25.0 Å². The van der Waals surface area contributed by atoms with E-state index in [4.69, 9.17) is 9.47 Å². The van der Waals surface area contributed by atoms with E-state index in [1.807, 2.05) is 0 Å². The van der Waals surface area contributed by atoms with Gasteiger partial charge in [0.1, 0.15) is 11.7 Å². The second-order valence-electron chi connectivity index (χ2n) is 11.2. The third-order valence-electron chi connectivity index (χ3n) is 9.51. The monoisotopic (exact) mass is 530 g/mol. The standard InChI is InChI=1S/C26H30F4O7/c1-13-9-18-17-6-5-15-10-16(32)7-8-22(15,3)24(17,27)20(37-21(34)26(28,29)30)11-23(18,4)25(13,35)19(33)12-36-14(2)31/h7-8,10,13,17-18,20,35H,5-6,9,11-12H2,1-4H3/t13-,17-,18-,20-,22-,23-,24?,25-/m0/s1. The number of fused-ring (bicyclic) bond motifs is 5. The summed E-state index contributed by atoms with van der Waals surface area (Å²) in [5.74, 6) is -6.99. The smallest absolute Gasteiger partial charge is 0.458 e. The predicted octanol–water partition coefficient (Wildman–Crippen LogP) is 3.58. The van der Waals surface area contributed by atoms with E-state index in [1.54, 1.807) is 6.92 Å². The van der Waals surface area contributed by atoms with Gasteiger partial charge in [-0.2, -0.15) is 13.2 Å². The molecule has 0 aromatic heterocycles. The average Bonchev–Trinajstić information content (AvgIpc) is 2.99. The molecule has 0 saturated heterocycles. The number of esters is 2. The van der Waals surface area contributed by atoms with Gasteiger partial charge >= 0.3 is 18.1 Å². The number of hydrogen-bond donors (Lipinski definition) is 1. The summed E-state index contributed by atoms with van der Waals surface area (Å²) in [6.07, 6.45) is -3.67. The van der Waals surface area contributed by atoms with Crippen molar-refractivity contribution in [3.63, 3.8) is 0 Å². The van der Waals surface area contributed by atoms with Gasteiger partial charge in [0.25, 0.3) is 0 Å². The van der Waals surface area contributed by atoms with Crippen molar-refractivity contribution in [2.24, 2.45) is 28.6 Å². The van der Waals surface area contributed by atoms with Gasteiger partial charge < -0.3 is 14.6 Å². The largest absolute Gasteiger partial charge is 0.490 e. The summed E-state index contributed by atoms with van der Waals surface area (Å²) in [4.78, 5) is 48.6. The van der Waals surface area contributed by atoms with Gasteiger partial charge in [0.05, 0.1) is 0 Å². The van der Waals surface area contributed by atoms with Crippen LogP contribution in [0.25, 0.3) is 0 Å². The van der Waals surface area contributed by atoms with Gasteiger partial charge in [-0.3, -0.25) is 14.4 Å². The van der Waals surface area contributed by atoms with Gasteiger partial charge in [0.2, 0.25) is 5.78 Å². The van der Waals surface area contributed by atoms with Crippen LogP contribution in [0, 0.1) is 28.6 Å². The molecule has 0 spiro atoms. The maximum absolute atomic E-state index is 17.6. The zero-order valence-corrected chi connectivity index (χ0v) is 21.0. The molecule has 7 nitrogen and oxygen atoms in total. The molecule has 8 atom stereocenters. The number of aliphatic hydroxyl groups is 1. The number of alkyl halides is 4. The van der Waals surface area contributed by atoms with E-state index >= 15 is 4.39 Å². The van der Waals surface area contributed by atoms with Crippen LogP contribution in [-0.2, 0) is 28.7 Å². The number of halogens is 4. The molecule has 1 N–H and O–H groups in total. The molecular weight excluding hydrogens is 500 g/mol. The zero-order valence-electron chi connectivity index (χ0n) is 21.0. The lowest BCUT2D eigenvalue weighted by molar-refractivity contribution is -0.249. The van der Waals surface area contributed by atoms with Crippen molar-refractivity contribution < 1.29 is 51.3 Å². The molecule has 37 heavy (non-hydrogen) atoms. The van der Waals surface area contributed by atoms with E-state index in [9.17, 15) is 37.5 Å². The number of ketones is 2. The van der Waals surface area contributed by atoms with Gasteiger partial charge in [-0.25, -0.2) is 9.18 Å². The first-order valence-corrected chi connectivity index (χ1v) is 12.2. The number of allylic oxidation sites excluding steroid dienone is 4. The fraction of sp³-hybridized carbons (Fsp3) is 0.692. The first-order valence-electron chi connectivity index (χ1n) is 12.2. The molecule has 0 amide bonds. The number of ether oxygens (including phenoxy) is 2. The molecule has 3 saturated carbocycles. The Kier molecular flexibility index (Phi) is 6.29. The molecule has 4 rings (SSSR count). The van der Waals surface area contributed by atoms with Crippen molar-refractivity contribution in [2.75, 3.05) is 6.61 Å². The first-order chi connectivity index (χ1) is 16.9. The Morgan fingerprint density at radius 3 is 2.43 bits per heavy atom. The molecule has 3 fully saturated rings. The molecule has 0 heterocycles. The van der Waals surface area contributed by atoms with Gasteiger partial charge in [-0.15, -0.1) is 0 Å². The molecule has 0 aromatic carbocycles. The Bertz CT molecular complexity index is 1110. The van der Waals surface area contributed by atoms with Crippen LogP contribution < -0.4 is 0 Å². The minimum atomic E-state index is -5.40. The molecule has 0 radical (unpaired) electrons. The molecule has 4 aliphatic rings. The van der Waals surface area contributed by atoms with Crippen LogP contribution in [0.1, 0.15) is 53.4 Å². The molecule has 0 bridgehead atoms. The van der Waals surface area contributed by atoms with Gasteiger partial charge in [-0.05, 0) is 56.6 Å². The Balaban J connectivity index is 1.85. The third kappa shape index (κ3) is 3.71. The van der Waals surface area contributed by atoms with E-state index in [2.05, 4.69) is 0 Å². The topological polar surface area (TPSA) is 107 Å². The Labute approximate surface area is 211 Å². The lowest BCUT2D eigenvalue weighted by Crippen LogP contribution is -2.70. The number of hydrogen-bond acceptors (Lipinski definition) is 7. The Morgan fingerprint density at radius 2 is 1.84 bits per heavy atom. The fourth-order valence-electron chi connectivity index (χ4n) is 7.70. The zero-order chi connectivity index (χ0) is 27.8. The highest BCUT2D eigenvalue weighted by Crippen LogP contribution is 2.71. The highest BCUT2D eigenvalue weighted by molar-refractivity contribution is 6.01. The Morgan fingerprint density at radius 1 is 1.19 bits per heavy atom. The molecule has 0 aromatic rings. The lowest BCUT2D eigenvalue weighted by atomic mass is 9.44. The van der Waals surface area contributed by atoms with Crippen molar-refractivity contribution in [3.8, 4) is 0 Å². The lowest BCUT2D eigenvalue weighted by Gasteiger charge is -2.63. The number of carbonyl (C=O) groups is 4. The SMILES string of the molecule is CC(=O)OCC(=O)[C@@]1(O)[C@@H](C)C[C@H]2[C@@H]3CCC4=CC(=O)C=C[C@]4(C)C3(F)[C@@H](OC(=O)C(F)(F)F)C[C@@]21C. The van der Waals surface area contributed by atoms with Crippen LogP contribution in [0.4, 0.5) is 17.6 Å². The predicted molar refractivity (Wildman–Crippen MR) is 119 cm³/mol. The molecular formula is C26H30F4O7. The quantitative estimate of drug-likeness (QED) is 0.437. The van der Waals surface area contributed by atoms with Crippen LogP contribution in [0.3, 0.4) is 0 Å². The van der Waals surface area contributed by atoms with Crippen molar-refractivity contribution in [2.45, 2.75) is 76.9 Å². The van der Waals surface area contributed by atoms with Gasteiger partial charge in [-0.1, -0.05) is 25.5 Å². The summed E-state index contributed by atoms with van der Waals surface area (Å²) in [7, 11) is 0. The molecule has 204 valence electrons. The van der Waals surface area contributed by atoms with E-state index in [0.29, 0.717) is 5.57 Å². The van der Waals surface area contributed by atoms with Crippen LogP contribution >= 0.6 is 0 Å². The van der Waals surface area contributed by atoms with Crippen molar-refractivity contribution in [1.29, 1.82) is 0 Å². The molecule has 1 unspecified atom stereocenters. The molecule has 0 aliphatic heterocycles. The average molecular weight is 531 g/mol. The summed E-state index contributed by atoms with van der Waals surface area (Å²) in [5, 5.41) is 11.8. The Hall–Kier alpha value is -2.56. The molecule has 4 aliphatic carbocycles. The second kappa shape index (κ2) is 8.47. The third-order valence-corrected chi connectivity index (χ3v) is 9.51. The van der Waals surface area contributed by atoms with Crippen LogP contribution in [-0.4, -0.2) is 58.8 Å². The number of Topliss-reactive ketones (excluding diaryl/α,β-unsaturated/α-hetero) is 1. The second-order valence-corrected chi connectivity index (χ2v) is 11.2. The van der Waals surface area contributed by atoms with Gasteiger partial charge in [0.15, 0.2) is 18.1 Å². The van der Waals surface area contributed by atoms with Crippen LogP contribution in [0.15, 0.2) is 23.8 Å². The van der Waals surface area contributed by atoms with Crippen molar-refractivity contribution >= 4 is 23.5 Å². The van der Waals surface area contributed by atoms with Gasteiger partial charge in [0, 0.05) is 23.7 Å². The number of carbonyl (C=O) groups excluding carboxylic acids is 4. The highest BCUT2D eigenvalue weighted by Gasteiger charge is 2.77. The van der Waals surface area contributed by atoms with E-state index in [1.165, 1.54) is 26.0 Å². The fourth-order valence-corrected chi connectivity index (χ4v) is 7.70. The normalized spacial score (nSPS) is 42.7. The van der Waals surface area contributed by atoms with Crippen LogP contribution in [0.5, 0.6) is 0 Å². The van der Waals surface area contributed by atoms with Crippen molar-refractivity contribution in [3.05, 3.63) is 23.8 Å². The summed E-state index contributed by atoms with van der Waals surface area (Å²) in [5.41, 5.74) is -7.38. The summed E-state index contributed by atoms with van der Waals surface area (Å²) >= 11 is 0. The maximum atomic E-state index is 17.6. The van der Waals surface area contributed by atoms with Crippen LogP contribution in [0.2, 0.25) is 0 Å². The van der Waals surface area contributed by atoms with E-state index in [0.717, 1.165) is 13.0 Å². The molecule has 11 heteroatoms. The van der Waals surface area contributed by atoms with Crippen molar-refractivity contribution in [1.82, 2.24) is 0 Å². The van der Waals surface area contributed by atoms with E-state index < -0.39 is 82.9 Å². The summed E-state index contributed by atoms with van der Waals surface area (Å²) < 4.78 is 67.2. The summed E-state index contributed by atoms with van der Waals surface area (Å²) in [6.45, 7) is 4.88. The first kappa shape index (κ1) is 27.5. The maximum Gasteiger partial charge on any atom is 0.490 e. The highest BCUT2D eigenvalue weighted by atomic mass is 19.4. The minimum Gasteiger partial charge on any atom is -0.458 e. The minimum absolute atomic E-state index is 0.111. The number of rotatable bonds is 4. The summed E-state index contributed by atoms with van der Waals surface area (Å²) in [6, 6.07) is 0.